The molecule has 0 aliphatic heterocycles. The highest BCUT2D eigenvalue weighted by molar-refractivity contribution is 7.09. The van der Waals surface area contributed by atoms with Gasteiger partial charge in [-0.2, -0.15) is 0 Å². The number of carbonyl (C=O) groups is 2. The van der Waals surface area contributed by atoms with Gasteiger partial charge >= 0.3 is 6.03 Å². The lowest BCUT2D eigenvalue weighted by molar-refractivity contribution is 0.0946. The Balaban J connectivity index is 1.62. The van der Waals surface area contributed by atoms with Crippen LogP contribution in [0.1, 0.15) is 28.3 Å². The van der Waals surface area contributed by atoms with E-state index in [1.807, 2.05) is 0 Å². The van der Waals surface area contributed by atoms with E-state index in [1.54, 1.807) is 48.8 Å². The third-order valence-corrected chi connectivity index (χ3v) is 5.05. The summed E-state index contributed by atoms with van der Waals surface area (Å²) in [6, 6.07) is 7.12. The molecule has 0 spiro atoms. The summed E-state index contributed by atoms with van der Waals surface area (Å²) in [7, 11) is 3.18. The molecule has 8 nitrogen and oxygen atoms in total. The summed E-state index contributed by atoms with van der Waals surface area (Å²) < 4.78 is 10.2. The summed E-state index contributed by atoms with van der Waals surface area (Å²) in [4.78, 5) is 30.8. The third kappa shape index (κ3) is 5.67. The maximum absolute atomic E-state index is 12.7. The molecule has 0 bridgehead atoms. The quantitative estimate of drug-likeness (QED) is 0.670. The lowest BCUT2D eigenvalue weighted by Crippen LogP contribution is -2.36. The SMILES string of the molecule is COCCN(Cc1nc(C(=O)NC2CC2)cs1)C(=O)Nc1ccc(OC)cc1. The molecule has 1 aromatic carbocycles. The molecule has 1 saturated carbocycles. The molecule has 2 N–H and O–H groups in total. The average molecular weight is 404 g/mol. The molecule has 1 aromatic heterocycles. The van der Waals surface area contributed by atoms with Gasteiger partial charge < -0.3 is 25.0 Å². The van der Waals surface area contributed by atoms with E-state index in [4.69, 9.17) is 9.47 Å². The second kappa shape index (κ2) is 9.52. The van der Waals surface area contributed by atoms with Crippen LogP contribution in [0.25, 0.3) is 0 Å². The number of methoxy groups -OCH3 is 2. The van der Waals surface area contributed by atoms with Crippen molar-refractivity contribution in [3.63, 3.8) is 0 Å². The van der Waals surface area contributed by atoms with Crippen molar-refractivity contribution in [2.24, 2.45) is 0 Å². The highest BCUT2D eigenvalue weighted by atomic mass is 32.1. The zero-order valence-corrected chi connectivity index (χ0v) is 16.8. The molecular weight excluding hydrogens is 380 g/mol. The van der Waals surface area contributed by atoms with Crippen LogP contribution in [0, 0.1) is 0 Å². The fraction of sp³-hybridized carbons (Fsp3) is 0.421. The van der Waals surface area contributed by atoms with Crippen LogP contribution in [-0.2, 0) is 11.3 Å². The Morgan fingerprint density at radius 2 is 2.00 bits per heavy atom. The number of amides is 3. The van der Waals surface area contributed by atoms with E-state index < -0.39 is 0 Å². The van der Waals surface area contributed by atoms with Crippen molar-refractivity contribution in [3.8, 4) is 5.75 Å². The molecule has 2 aromatic rings. The summed E-state index contributed by atoms with van der Waals surface area (Å²) in [5, 5.41) is 8.20. The van der Waals surface area contributed by atoms with E-state index in [-0.39, 0.29) is 18.0 Å². The smallest absolute Gasteiger partial charge is 0.322 e. The molecule has 1 heterocycles. The van der Waals surface area contributed by atoms with Gasteiger partial charge in [-0.1, -0.05) is 0 Å². The number of nitrogens with one attached hydrogen (secondary N) is 2. The molecule has 28 heavy (non-hydrogen) atoms. The predicted molar refractivity (Wildman–Crippen MR) is 107 cm³/mol. The minimum Gasteiger partial charge on any atom is -0.497 e. The van der Waals surface area contributed by atoms with Gasteiger partial charge in [0, 0.05) is 30.8 Å². The number of rotatable bonds is 9. The van der Waals surface area contributed by atoms with E-state index >= 15 is 0 Å². The minimum atomic E-state index is -0.263. The molecule has 1 fully saturated rings. The van der Waals surface area contributed by atoms with Crippen molar-refractivity contribution in [2.45, 2.75) is 25.4 Å². The number of hydrogen-bond acceptors (Lipinski definition) is 6. The van der Waals surface area contributed by atoms with Crippen molar-refractivity contribution in [1.29, 1.82) is 0 Å². The van der Waals surface area contributed by atoms with Crippen LogP contribution >= 0.6 is 11.3 Å². The van der Waals surface area contributed by atoms with Crippen molar-refractivity contribution in [1.82, 2.24) is 15.2 Å². The van der Waals surface area contributed by atoms with Crippen LogP contribution in [0.3, 0.4) is 0 Å². The monoisotopic (exact) mass is 404 g/mol. The number of nitrogens with zero attached hydrogens (tertiary/aromatic N) is 2. The van der Waals surface area contributed by atoms with Crippen molar-refractivity contribution in [3.05, 3.63) is 40.3 Å². The first-order chi connectivity index (χ1) is 13.6. The van der Waals surface area contributed by atoms with Crippen LogP contribution in [0.4, 0.5) is 10.5 Å². The molecule has 0 unspecified atom stereocenters. The number of aromatic nitrogens is 1. The van der Waals surface area contributed by atoms with Crippen LogP contribution in [0.5, 0.6) is 5.75 Å². The van der Waals surface area contributed by atoms with Crippen LogP contribution < -0.4 is 15.4 Å². The standard InChI is InChI=1S/C19H24N4O4S/c1-26-10-9-23(19(25)21-14-5-7-15(27-2)8-6-14)11-17-22-16(12-28-17)18(24)20-13-3-4-13/h5-8,12-13H,3-4,9-11H2,1-2H3,(H,20,24)(H,21,25). The second-order valence-electron chi connectivity index (χ2n) is 6.45. The van der Waals surface area contributed by atoms with Gasteiger partial charge in [0.05, 0.1) is 20.3 Å². The summed E-state index contributed by atoms with van der Waals surface area (Å²) in [6.45, 7) is 1.10. The number of carbonyl (C=O) groups excluding carboxylic acids is 2. The van der Waals surface area contributed by atoms with Crippen LogP contribution in [0.15, 0.2) is 29.6 Å². The Hall–Kier alpha value is -2.65. The van der Waals surface area contributed by atoms with Crippen molar-refractivity contribution in [2.75, 3.05) is 32.7 Å². The zero-order chi connectivity index (χ0) is 19.9. The number of ether oxygens (including phenoxy) is 2. The van der Waals surface area contributed by atoms with Gasteiger partial charge in [0.2, 0.25) is 0 Å². The van der Waals surface area contributed by atoms with Gasteiger partial charge in [0.15, 0.2) is 0 Å². The van der Waals surface area contributed by atoms with E-state index in [1.165, 1.54) is 11.3 Å². The van der Waals surface area contributed by atoms with Gasteiger partial charge in [-0.25, -0.2) is 9.78 Å². The molecule has 1 aliphatic carbocycles. The zero-order valence-electron chi connectivity index (χ0n) is 15.9. The lowest BCUT2D eigenvalue weighted by Gasteiger charge is -2.22. The van der Waals surface area contributed by atoms with Gasteiger partial charge in [0.1, 0.15) is 16.5 Å². The minimum absolute atomic E-state index is 0.156. The Bertz CT molecular complexity index is 805. The molecular formula is C19H24N4O4S. The lowest BCUT2D eigenvalue weighted by atomic mass is 10.3. The highest BCUT2D eigenvalue weighted by Gasteiger charge is 2.25. The van der Waals surface area contributed by atoms with Gasteiger partial charge in [-0.15, -0.1) is 11.3 Å². The summed E-state index contributed by atoms with van der Waals surface area (Å²) >= 11 is 1.36. The predicted octanol–water partition coefficient (Wildman–Crippen LogP) is 2.72. The first kappa shape index (κ1) is 20.1. The molecule has 150 valence electrons. The van der Waals surface area contributed by atoms with E-state index in [0.29, 0.717) is 41.8 Å². The van der Waals surface area contributed by atoms with E-state index in [0.717, 1.165) is 12.8 Å². The van der Waals surface area contributed by atoms with Crippen LogP contribution in [-0.4, -0.2) is 55.2 Å². The fourth-order valence-corrected chi connectivity index (χ4v) is 3.26. The summed E-state index contributed by atoms with van der Waals surface area (Å²) in [5.41, 5.74) is 1.06. The van der Waals surface area contributed by atoms with Gasteiger partial charge in [0.25, 0.3) is 5.91 Å². The molecule has 3 rings (SSSR count). The van der Waals surface area contributed by atoms with Crippen molar-refractivity contribution < 1.29 is 19.1 Å². The molecule has 9 heteroatoms. The molecule has 0 atom stereocenters. The number of anilines is 1. The van der Waals surface area contributed by atoms with Crippen molar-refractivity contribution >= 4 is 29.0 Å². The first-order valence-electron chi connectivity index (χ1n) is 9.03. The van der Waals surface area contributed by atoms with E-state index in [9.17, 15) is 9.59 Å². The fourth-order valence-electron chi connectivity index (χ4n) is 2.47. The molecule has 0 saturated heterocycles. The molecule has 1 aliphatic rings. The Labute approximate surface area is 167 Å². The normalized spacial score (nSPS) is 13.1. The number of thiazole rings is 1. The maximum Gasteiger partial charge on any atom is 0.322 e. The molecule has 3 amide bonds. The highest BCUT2D eigenvalue weighted by Crippen LogP contribution is 2.20. The Morgan fingerprint density at radius 1 is 1.25 bits per heavy atom. The van der Waals surface area contributed by atoms with Gasteiger partial charge in [-0.3, -0.25) is 4.79 Å². The third-order valence-electron chi connectivity index (χ3n) is 4.22. The van der Waals surface area contributed by atoms with E-state index in [2.05, 4.69) is 15.6 Å². The summed E-state index contributed by atoms with van der Waals surface area (Å²) in [6.07, 6.45) is 2.05. The van der Waals surface area contributed by atoms with Gasteiger partial charge in [-0.05, 0) is 37.1 Å². The maximum atomic E-state index is 12.7. The number of benzene rings is 1. The largest absolute Gasteiger partial charge is 0.497 e. The Morgan fingerprint density at radius 3 is 2.64 bits per heavy atom. The first-order valence-corrected chi connectivity index (χ1v) is 9.91. The number of hydrogen-bond donors (Lipinski definition) is 2. The Kier molecular flexibility index (Phi) is 6.83. The average Bonchev–Trinajstić information content (AvgIpc) is 3.39. The molecule has 0 radical (unpaired) electrons. The summed E-state index contributed by atoms with van der Waals surface area (Å²) in [5.74, 6) is 0.560. The number of urea groups is 1. The topological polar surface area (TPSA) is 92.8 Å². The second-order valence-corrected chi connectivity index (χ2v) is 7.39. The van der Waals surface area contributed by atoms with Crippen LogP contribution in [0.2, 0.25) is 0 Å².